The zero-order valence-electron chi connectivity index (χ0n) is 10.7. The molecule has 0 aliphatic heterocycles. The highest BCUT2D eigenvalue weighted by Gasteiger charge is 2.09. The van der Waals surface area contributed by atoms with E-state index >= 15 is 0 Å². The summed E-state index contributed by atoms with van der Waals surface area (Å²) in [4.78, 5) is 11.5. The van der Waals surface area contributed by atoms with Gasteiger partial charge in [0.05, 0.1) is 34.2 Å². The molecule has 2 aromatic rings. The lowest BCUT2D eigenvalue weighted by Crippen LogP contribution is -2.16. The first-order valence-electron chi connectivity index (χ1n) is 6.02. The Hall–Kier alpha value is -1.28. The molecule has 1 heterocycles. The van der Waals surface area contributed by atoms with Crippen molar-refractivity contribution in [2.75, 3.05) is 8.87 Å². The number of rotatable bonds is 5. The Balaban J connectivity index is 2.18. The molecule has 1 aromatic carbocycles. The predicted octanol–water partition coefficient (Wildman–Crippen LogP) is 3.35. The third-order valence-electron chi connectivity index (χ3n) is 2.73. The van der Waals surface area contributed by atoms with Crippen molar-refractivity contribution >= 4 is 47.1 Å². The first-order valence-corrected chi connectivity index (χ1v) is 7.62. The Morgan fingerprint density at radius 2 is 2.10 bits per heavy atom. The number of thiol groups is 1. The number of aromatic nitrogens is 2. The van der Waals surface area contributed by atoms with E-state index in [1.807, 2.05) is 64.1 Å². The minimum Gasteiger partial charge on any atom is -0.271 e. The summed E-state index contributed by atoms with van der Waals surface area (Å²) in [5, 5.41) is 4.47. The van der Waals surface area contributed by atoms with E-state index in [1.54, 1.807) is 0 Å². The van der Waals surface area contributed by atoms with Gasteiger partial charge >= 0.3 is 0 Å². The Kier molecular flexibility index (Phi) is 5.24. The van der Waals surface area contributed by atoms with Gasteiger partial charge in [0, 0.05) is 24.1 Å². The second-order valence-electron chi connectivity index (χ2n) is 4.06. The topological polar surface area (TPSA) is 38.1 Å². The van der Waals surface area contributed by atoms with Crippen LogP contribution >= 0.6 is 35.5 Å². The molecule has 0 saturated carbocycles. The van der Waals surface area contributed by atoms with Gasteiger partial charge in [-0.1, -0.05) is 18.7 Å². The van der Waals surface area contributed by atoms with Crippen molar-refractivity contribution in [2.24, 2.45) is 0 Å². The zero-order chi connectivity index (χ0) is 14.5. The number of hydrogen-bond donors (Lipinski definition) is 1. The summed E-state index contributed by atoms with van der Waals surface area (Å²) in [7, 11) is 0. The zero-order valence-corrected chi connectivity index (χ0v) is 13.8. The number of halogens is 1. The number of hydrogen-bond acceptors (Lipinski definition) is 3. The summed E-state index contributed by atoms with van der Waals surface area (Å²) < 4.78 is 3.39. The number of nitrogens with zero attached hydrogens (tertiary/aromatic N) is 3. The molecule has 0 fully saturated rings. The van der Waals surface area contributed by atoms with Gasteiger partial charge in [-0.15, -0.1) is 0 Å². The molecule has 0 aliphatic rings. The second kappa shape index (κ2) is 6.94. The van der Waals surface area contributed by atoms with Gasteiger partial charge in [-0.05, 0) is 24.3 Å². The normalized spacial score (nSPS) is 10.3. The van der Waals surface area contributed by atoms with E-state index in [0.29, 0.717) is 0 Å². The van der Waals surface area contributed by atoms with Crippen molar-refractivity contribution in [1.29, 1.82) is 0 Å². The van der Waals surface area contributed by atoms with Crippen LogP contribution in [-0.2, 0) is 11.3 Å². The highest BCUT2D eigenvalue weighted by molar-refractivity contribution is 14.1. The van der Waals surface area contributed by atoms with Crippen molar-refractivity contribution in [3.8, 4) is 11.3 Å². The predicted molar refractivity (Wildman–Crippen MR) is 93.2 cm³/mol. The van der Waals surface area contributed by atoms with Crippen LogP contribution in [0.1, 0.15) is 0 Å². The first-order chi connectivity index (χ1) is 9.65. The molecule has 0 bridgehead atoms. The number of benzene rings is 1. The maximum Gasteiger partial charge on any atom is 0.259 e. The lowest BCUT2D eigenvalue weighted by Gasteiger charge is -2.12. The molecule has 0 unspecified atom stereocenters. The van der Waals surface area contributed by atoms with Gasteiger partial charge in [0.15, 0.2) is 0 Å². The second-order valence-corrected chi connectivity index (χ2v) is 5.47. The van der Waals surface area contributed by atoms with Crippen LogP contribution in [-0.4, -0.2) is 21.4 Å². The van der Waals surface area contributed by atoms with Crippen LogP contribution in [0.25, 0.3) is 11.3 Å². The molecule has 0 saturated heterocycles. The molecule has 6 heteroatoms. The molecule has 0 aliphatic carbocycles. The van der Waals surface area contributed by atoms with Gasteiger partial charge in [0.25, 0.3) is 5.91 Å². The third kappa shape index (κ3) is 3.43. The molecule has 0 radical (unpaired) electrons. The molecule has 0 spiro atoms. The smallest absolute Gasteiger partial charge is 0.259 e. The fourth-order valence-corrected chi connectivity index (χ4v) is 2.44. The highest BCUT2D eigenvalue weighted by Crippen LogP contribution is 2.24. The Labute approximate surface area is 137 Å². The molecular weight excluding hydrogens is 385 g/mol. The van der Waals surface area contributed by atoms with E-state index in [0.717, 1.165) is 29.2 Å². The summed E-state index contributed by atoms with van der Waals surface area (Å²) >= 11 is 6.14. The molecule has 104 valence electrons. The maximum absolute atomic E-state index is 11.5. The largest absolute Gasteiger partial charge is 0.271 e. The molecule has 1 aromatic heterocycles. The Morgan fingerprint density at radius 3 is 2.70 bits per heavy atom. The van der Waals surface area contributed by atoms with Crippen molar-refractivity contribution in [3.63, 3.8) is 0 Å². The van der Waals surface area contributed by atoms with Crippen LogP contribution in [0.15, 0.2) is 49.2 Å². The van der Waals surface area contributed by atoms with Crippen LogP contribution < -0.4 is 3.11 Å². The van der Waals surface area contributed by atoms with Crippen LogP contribution in [0.5, 0.6) is 0 Å². The summed E-state index contributed by atoms with van der Waals surface area (Å²) in [6, 6.07) is 9.65. The van der Waals surface area contributed by atoms with Gasteiger partial charge in [-0.2, -0.15) is 17.7 Å². The van der Waals surface area contributed by atoms with Crippen LogP contribution in [0.4, 0.5) is 5.69 Å². The number of carbonyl (C=O) groups excluding carboxylic acids is 1. The summed E-state index contributed by atoms with van der Waals surface area (Å²) in [6.07, 6.45) is 3.23. The fraction of sp³-hybridized carbons (Fsp3) is 0.143. The monoisotopic (exact) mass is 399 g/mol. The lowest BCUT2D eigenvalue weighted by molar-refractivity contribution is -0.112. The highest BCUT2D eigenvalue weighted by atomic mass is 127. The first kappa shape index (κ1) is 15.1. The summed E-state index contributed by atoms with van der Waals surface area (Å²) in [5.74, 6) is 0.615. The van der Waals surface area contributed by atoms with Gasteiger partial charge in [0.2, 0.25) is 0 Å². The third-order valence-corrected chi connectivity index (χ3v) is 3.96. The number of carbonyl (C=O) groups is 1. The van der Waals surface area contributed by atoms with E-state index < -0.39 is 0 Å². The summed E-state index contributed by atoms with van der Waals surface area (Å²) in [5.41, 5.74) is 2.74. The maximum atomic E-state index is 11.5. The molecule has 2 rings (SSSR count). The fourth-order valence-electron chi connectivity index (χ4n) is 1.71. The van der Waals surface area contributed by atoms with E-state index in [1.165, 1.54) is 9.19 Å². The minimum atomic E-state index is -0.142. The Morgan fingerprint density at radius 1 is 1.40 bits per heavy atom. The van der Waals surface area contributed by atoms with Crippen molar-refractivity contribution in [2.45, 2.75) is 6.54 Å². The average molecular weight is 399 g/mol. The van der Waals surface area contributed by atoms with Gasteiger partial charge in [-0.25, -0.2) is 3.11 Å². The van der Waals surface area contributed by atoms with Crippen LogP contribution in [0.3, 0.4) is 0 Å². The minimum absolute atomic E-state index is 0.142. The quantitative estimate of drug-likeness (QED) is 0.363. The van der Waals surface area contributed by atoms with Crippen LogP contribution in [0.2, 0.25) is 0 Å². The molecule has 4 nitrogen and oxygen atoms in total. The lowest BCUT2D eigenvalue weighted by atomic mass is 10.1. The molecule has 0 atom stereocenters. The Bertz CT molecular complexity index is 609. The standard InChI is InChI=1S/C14H14IN3OS/c1-2-14(19)18(15)12-5-3-11(4-6-12)13-7-8-17(16-13)9-10-20/h2-8,20H,1,9-10H2. The number of aryl methyl sites for hydroxylation is 1. The van der Waals surface area contributed by atoms with E-state index in [-0.39, 0.29) is 5.91 Å². The van der Waals surface area contributed by atoms with Crippen LogP contribution in [0, 0.1) is 0 Å². The molecule has 0 N–H and O–H groups in total. The van der Waals surface area contributed by atoms with Crippen molar-refractivity contribution in [1.82, 2.24) is 9.78 Å². The van der Waals surface area contributed by atoms with E-state index in [4.69, 9.17) is 0 Å². The van der Waals surface area contributed by atoms with Gasteiger partial charge in [0.1, 0.15) is 0 Å². The summed E-state index contributed by atoms with van der Waals surface area (Å²) in [6.45, 7) is 4.27. The van der Waals surface area contributed by atoms with E-state index in [9.17, 15) is 4.79 Å². The molecule has 1 amide bonds. The van der Waals surface area contributed by atoms with Crippen molar-refractivity contribution < 1.29 is 4.79 Å². The number of amides is 1. The van der Waals surface area contributed by atoms with Crippen molar-refractivity contribution in [3.05, 3.63) is 49.2 Å². The molecule has 20 heavy (non-hydrogen) atoms. The average Bonchev–Trinajstić information content (AvgIpc) is 2.95. The van der Waals surface area contributed by atoms with E-state index in [2.05, 4.69) is 24.3 Å². The van der Waals surface area contributed by atoms with Gasteiger partial charge < -0.3 is 0 Å². The van der Waals surface area contributed by atoms with Gasteiger partial charge in [-0.3, -0.25) is 9.48 Å². The SMILES string of the molecule is C=CC(=O)N(I)c1ccc(-c2ccn(CCS)n2)cc1. The number of anilines is 1. The molecular formula is C14H14IN3OS.